The predicted octanol–water partition coefficient (Wildman–Crippen LogP) is 2.13. The number of oxazole rings is 1. The molecule has 0 unspecified atom stereocenters. The fraction of sp³-hybridized carbons (Fsp3) is 0.450. The highest BCUT2D eigenvalue weighted by Gasteiger charge is 2.43. The molecule has 2 fully saturated rings. The van der Waals surface area contributed by atoms with Gasteiger partial charge in [0.25, 0.3) is 0 Å². The number of hydrogen-bond acceptors (Lipinski definition) is 4. The summed E-state index contributed by atoms with van der Waals surface area (Å²) in [6, 6.07) is 9.67. The maximum Gasteiger partial charge on any atom is 0.228 e. The van der Waals surface area contributed by atoms with Gasteiger partial charge in [0.1, 0.15) is 5.76 Å². The number of aryl methyl sites for hydroxylation is 1. The molecular formula is C20H23N3O3. The third kappa shape index (κ3) is 3.00. The maximum absolute atomic E-state index is 12.8. The number of carbonyl (C=O) groups excluding carboxylic acids is 2. The average molecular weight is 353 g/mol. The molecule has 6 nitrogen and oxygen atoms in total. The van der Waals surface area contributed by atoms with Crippen molar-refractivity contribution in [3.05, 3.63) is 41.8 Å². The molecule has 136 valence electrons. The molecule has 0 bridgehead atoms. The van der Waals surface area contributed by atoms with E-state index in [9.17, 15) is 9.59 Å². The average Bonchev–Trinajstić information content (AvgIpc) is 3.24. The van der Waals surface area contributed by atoms with Gasteiger partial charge < -0.3 is 14.2 Å². The lowest BCUT2D eigenvalue weighted by molar-refractivity contribution is -0.138. The van der Waals surface area contributed by atoms with Gasteiger partial charge >= 0.3 is 0 Å². The second kappa shape index (κ2) is 6.59. The van der Waals surface area contributed by atoms with Crippen LogP contribution in [0.2, 0.25) is 0 Å². The Kier molecular flexibility index (Phi) is 4.26. The van der Waals surface area contributed by atoms with E-state index < -0.39 is 0 Å². The smallest absolute Gasteiger partial charge is 0.228 e. The number of amides is 2. The predicted molar refractivity (Wildman–Crippen MR) is 96.2 cm³/mol. The molecule has 0 radical (unpaired) electrons. The van der Waals surface area contributed by atoms with Crippen molar-refractivity contribution >= 4 is 11.8 Å². The molecule has 2 aliphatic heterocycles. The van der Waals surface area contributed by atoms with Crippen LogP contribution in [0, 0.1) is 18.8 Å². The van der Waals surface area contributed by atoms with Gasteiger partial charge in [0.15, 0.2) is 0 Å². The number of piperidine rings is 1. The van der Waals surface area contributed by atoms with Crippen LogP contribution in [0.3, 0.4) is 0 Å². The lowest BCUT2D eigenvalue weighted by atomic mass is 9.88. The summed E-state index contributed by atoms with van der Waals surface area (Å²) in [4.78, 5) is 33.2. The summed E-state index contributed by atoms with van der Waals surface area (Å²) in [6.07, 6.45) is 1.18. The lowest BCUT2D eigenvalue weighted by Gasteiger charge is -2.30. The second-order valence-corrected chi connectivity index (χ2v) is 7.28. The van der Waals surface area contributed by atoms with Crippen molar-refractivity contribution in [3.8, 4) is 11.5 Å². The largest absolute Gasteiger partial charge is 0.441 e. The van der Waals surface area contributed by atoms with Crippen LogP contribution in [0.5, 0.6) is 0 Å². The molecule has 0 aliphatic carbocycles. The number of rotatable bonds is 3. The first-order valence-corrected chi connectivity index (χ1v) is 9.07. The molecule has 0 N–H and O–H groups in total. The van der Waals surface area contributed by atoms with Crippen LogP contribution in [0.4, 0.5) is 0 Å². The Hall–Kier alpha value is -2.63. The van der Waals surface area contributed by atoms with E-state index in [1.54, 1.807) is 4.90 Å². The third-order valence-corrected chi connectivity index (χ3v) is 5.55. The molecule has 0 saturated carbocycles. The van der Waals surface area contributed by atoms with Crippen molar-refractivity contribution in [2.75, 3.05) is 26.7 Å². The first-order valence-electron chi connectivity index (χ1n) is 9.07. The van der Waals surface area contributed by atoms with Crippen molar-refractivity contribution in [1.82, 2.24) is 14.8 Å². The molecule has 0 spiro atoms. The van der Waals surface area contributed by atoms with Gasteiger partial charge in [0.2, 0.25) is 17.7 Å². The van der Waals surface area contributed by atoms with Gasteiger partial charge in [0, 0.05) is 32.2 Å². The summed E-state index contributed by atoms with van der Waals surface area (Å²) in [7, 11) is 1.84. The van der Waals surface area contributed by atoms with Crippen LogP contribution in [-0.4, -0.2) is 53.3 Å². The van der Waals surface area contributed by atoms with Gasteiger partial charge in [-0.25, -0.2) is 4.98 Å². The van der Waals surface area contributed by atoms with Crippen LogP contribution in [-0.2, 0) is 16.0 Å². The molecule has 2 amide bonds. The minimum absolute atomic E-state index is 0.0193. The molecule has 2 aromatic rings. The van der Waals surface area contributed by atoms with Crippen molar-refractivity contribution in [2.45, 2.75) is 19.8 Å². The van der Waals surface area contributed by atoms with E-state index in [2.05, 4.69) is 4.98 Å². The first-order chi connectivity index (χ1) is 12.5. The Labute approximate surface area is 152 Å². The Morgan fingerprint density at radius 2 is 2.04 bits per heavy atom. The number of likely N-dealkylation sites (tertiary alicyclic amines) is 2. The monoisotopic (exact) mass is 353 g/mol. The number of fused-ring (bicyclic) bond motifs is 1. The zero-order valence-electron chi connectivity index (χ0n) is 15.1. The van der Waals surface area contributed by atoms with Crippen molar-refractivity contribution < 1.29 is 14.0 Å². The van der Waals surface area contributed by atoms with Gasteiger partial charge in [0.05, 0.1) is 18.0 Å². The zero-order chi connectivity index (χ0) is 18.3. The minimum atomic E-state index is -0.0454. The normalized spacial score (nSPS) is 22.6. The van der Waals surface area contributed by atoms with E-state index in [1.165, 1.54) is 0 Å². The van der Waals surface area contributed by atoms with Crippen molar-refractivity contribution in [3.63, 3.8) is 0 Å². The molecule has 2 atom stereocenters. The van der Waals surface area contributed by atoms with Crippen LogP contribution >= 0.6 is 0 Å². The Bertz CT molecular complexity index is 830. The van der Waals surface area contributed by atoms with E-state index in [1.807, 2.05) is 49.2 Å². The molecule has 1 aromatic heterocycles. The van der Waals surface area contributed by atoms with Gasteiger partial charge in [-0.15, -0.1) is 0 Å². The summed E-state index contributed by atoms with van der Waals surface area (Å²) in [5, 5.41) is 0. The van der Waals surface area contributed by atoms with Crippen LogP contribution in [0.1, 0.15) is 17.9 Å². The van der Waals surface area contributed by atoms with Crippen LogP contribution in [0.15, 0.2) is 34.7 Å². The van der Waals surface area contributed by atoms with Crippen LogP contribution < -0.4 is 0 Å². The van der Waals surface area contributed by atoms with Gasteiger partial charge in [-0.3, -0.25) is 9.59 Å². The maximum atomic E-state index is 12.8. The topological polar surface area (TPSA) is 66.7 Å². The Morgan fingerprint density at radius 3 is 2.81 bits per heavy atom. The molecule has 6 heteroatoms. The highest BCUT2D eigenvalue weighted by molar-refractivity contribution is 5.84. The molecule has 2 aliphatic rings. The highest BCUT2D eigenvalue weighted by atomic mass is 16.4. The fourth-order valence-electron chi connectivity index (χ4n) is 3.95. The first kappa shape index (κ1) is 16.8. The van der Waals surface area contributed by atoms with E-state index in [0.29, 0.717) is 36.4 Å². The van der Waals surface area contributed by atoms with Crippen molar-refractivity contribution in [2.24, 2.45) is 11.8 Å². The molecule has 3 heterocycles. The molecule has 4 rings (SSSR count). The minimum Gasteiger partial charge on any atom is -0.441 e. The molecule has 1 aromatic carbocycles. The number of aromatic nitrogens is 1. The SMILES string of the molecule is Cc1oc(-c2ccccc2)nc1CC(=O)N1C[C@H]2CCN(C)C(=O)[C@H]2C1. The number of nitrogens with zero attached hydrogens (tertiary/aromatic N) is 3. The van der Waals surface area contributed by atoms with E-state index in [0.717, 1.165) is 18.5 Å². The number of hydrogen-bond donors (Lipinski definition) is 0. The summed E-state index contributed by atoms with van der Waals surface area (Å²) < 4.78 is 5.75. The quantitative estimate of drug-likeness (QED) is 0.848. The van der Waals surface area contributed by atoms with E-state index in [4.69, 9.17) is 4.42 Å². The fourth-order valence-corrected chi connectivity index (χ4v) is 3.95. The molecular weight excluding hydrogens is 330 g/mol. The van der Waals surface area contributed by atoms with Crippen LogP contribution in [0.25, 0.3) is 11.5 Å². The summed E-state index contributed by atoms with van der Waals surface area (Å²) in [5.74, 6) is 1.64. The van der Waals surface area contributed by atoms with Gasteiger partial charge in [-0.05, 0) is 31.4 Å². The summed E-state index contributed by atoms with van der Waals surface area (Å²) >= 11 is 0. The standard InChI is InChI=1S/C20H23N3O3/c1-13-17(21-19(26-13)14-6-4-3-5-7-14)10-18(24)23-11-15-8-9-22(2)20(25)16(15)12-23/h3-7,15-16H,8-12H2,1-2H3/t15-,16+/m1/s1. The summed E-state index contributed by atoms with van der Waals surface area (Å²) in [6.45, 7) is 3.82. The van der Waals surface area contributed by atoms with Gasteiger partial charge in [-0.2, -0.15) is 0 Å². The summed E-state index contributed by atoms with van der Waals surface area (Å²) in [5.41, 5.74) is 1.57. The Morgan fingerprint density at radius 1 is 1.27 bits per heavy atom. The second-order valence-electron chi connectivity index (χ2n) is 7.28. The highest BCUT2D eigenvalue weighted by Crippen LogP contribution is 2.32. The zero-order valence-corrected chi connectivity index (χ0v) is 15.1. The lowest BCUT2D eigenvalue weighted by Crippen LogP contribution is -2.42. The number of carbonyl (C=O) groups is 2. The van der Waals surface area contributed by atoms with Gasteiger partial charge in [-0.1, -0.05) is 18.2 Å². The van der Waals surface area contributed by atoms with Crippen molar-refractivity contribution in [1.29, 1.82) is 0 Å². The number of benzene rings is 1. The Balaban J connectivity index is 1.46. The molecule has 26 heavy (non-hydrogen) atoms. The molecule has 2 saturated heterocycles. The van der Waals surface area contributed by atoms with E-state index >= 15 is 0 Å². The third-order valence-electron chi connectivity index (χ3n) is 5.55. The van der Waals surface area contributed by atoms with E-state index in [-0.39, 0.29) is 24.2 Å².